The predicted molar refractivity (Wildman–Crippen MR) is 50.5 cm³/mol. The number of carbonyl (C=O) groups is 1. The number of halogens is 5. The van der Waals surface area contributed by atoms with Crippen LogP contribution in [-0.4, -0.2) is 24.0 Å². The van der Waals surface area contributed by atoms with Crippen molar-refractivity contribution in [2.75, 3.05) is 0 Å². The Morgan fingerprint density at radius 2 is 1.88 bits per heavy atom. The molecule has 1 amide bonds. The van der Waals surface area contributed by atoms with Gasteiger partial charge in [-0.2, -0.15) is 13.2 Å². The van der Waals surface area contributed by atoms with Crippen molar-refractivity contribution in [3.63, 3.8) is 0 Å². The summed E-state index contributed by atoms with van der Waals surface area (Å²) in [6, 6.07) is -1.03. The van der Waals surface area contributed by atoms with Gasteiger partial charge in [-0.1, -0.05) is 6.08 Å². The van der Waals surface area contributed by atoms with Gasteiger partial charge in [0.25, 0.3) is 0 Å². The fraction of sp³-hybridized carbons (Fsp3) is 0.700. The molecule has 1 atom stereocenters. The van der Waals surface area contributed by atoms with Crippen LogP contribution >= 0.6 is 0 Å². The van der Waals surface area contributed by atoms with Crippen LogP contribution in [0.5, 0.6) is 0 Å². The van der Waals surface area contributed by atoms with Crippen LogP contribution in [0.4, 0.5) is 22.0 Å². The fourth-order valence-electron chi connectivity index (χ4n) is 1.96. The second kappa shape index (κ2) is 3.96. The molecule has 1 aliphatic carbocycles. The first-order chi connectivity index (χ1) is 7.52. The van der Waals surface area contributed by atoms with E-state index in [0.29, 0.717) is 0 Å². The summed E-state index contributed by atoms with van der Waals surface area (Å²) in [6.07, 6.45) is -5.01. The number of amides is 1. The SMILES string of the molecule is C=CC1(C(C)NC(=O)C(F)(F)F)CC(F)(F)C1. The van der Waals surface area contributed by atoms with E-state index in [0.717, 1.165) is 0 Å². The molecule has 1 saturated carbocycles. The average molecular weight is 257 g/mol. The Balaban J connectivity index is 2.68. The van der Waals surface area contributed by atoms with E-state index in [-0.39, 0.29) is 0 Å². The van der Waals surface area contributed by atoms with Crippen molar-refractivity contribution in [2.24, 2.45) is 5.41 Å². The summed E-state index contributed by atoms with van der Waals surface area (Å²) in [5.74, 6) is -5.02. The topological polar surface area (TPSA) is 29.1 Å². The number of nitrogens with one attached hydrogen (secondary N) is 1. The van der Waals surface area contributed by atoms with Gasteiger partial charge >= 0.3 is 12.1 Å². The summed E-state index contributed by atoms with van der Waals surface area (Å²) in [5, 5.41) is 1.68. The molecular formula is C10H12F5NO. The van der Waals surface area contributed by atoms with E-state index in [4.69, 9.17) is 0 Å². The summed E-state index contributed by atoms with van der Waals surface area (Å²) in [4.78, 5) is 10.7. The third kappa shape index (κ3) is 2.76. The van der Waals surface area contributed by atoms with Crippen LogP contribution < -0.4 is 5.32 Å². The largest absolute Gasteiger partial charge is 0.471 e. The van der Waals surface area contributed by atoms with Crippen molar-refractivity contribution in [2.45, 2.75) is 37.9 Å². The van der Waals surface area contributed by atoms with E-state index >= 15 is 0 Å². The van der Waals surface area contributed by atoms with Crippen molar-refractivity contribution in [1.82, 2.24) is 5.32 Å². The predicted octanol–water partition coefficient (Wildman–Crippen LogP) is 2.65. The summed E-state index contributed by atoms with van der Waals surface area (Å²) in [6.45, 7) is 4.61. The molecule has 0 saturated heterocycles. The Bertz CT molecular complexity index is 328. The molecule has 0 aromatic rings. The zero-order valence-electron chi connectivity index (χ0n) is 9.07. The minimum Gasteiger partial charge on any atom is -0.345 e. The summed E-state index contributed by atoms with van der Waals surface area (Å²) in [5.41, 5.74) is -1.16. The highest BCUT2D eigenvalue weighted by Crippen LogP contribution is 2.54. The Morgan fingerprint density at radius 3 is 2.18 bits per heavy atom. The van der Waals surface area contributed by atoms with Gasteiger partial charge in [-0.3, -0.25) is 4.79 Å². The molecule has 0 aromatic heterocycles. The molecule has 0 radical (unpaired) electrons. The van der Waals surface area contributed by atoms with Gasteiger partial charge in [-0.05, 0) is 6.92 Å². The zero-order valence-corrected chi connectivity index (χ0v) is 9.07. The van der Waals surface area contributed by atoms with E-state index in [1.165, 1.54) is 13.0 Å². The molecule has 0 aromatic carbocycles. The minimum absolute atomic E-state index is 0.594. The van der Waals surface area contributed by atoms with E-state index in [1.807, 2.05) is 0 Å². The second-order valence-electron chi connectivity index (χ2n) is 4.34. The summed E-state index contributed by atoms with van der Waals surface area (Å²) >= 11 is 0. The van der Waals surface area contributed by atoms with Crippen molar-refractivity contribution >= 4 is 5.91 Å². The molecule has 0 spiro atoms. The minimum atomic E-state index is -5.01. The maximum absolute atomic E-state index is 12.8. The van der Waals surface area contributed by atoms with Gasteiger partial charge in [0.05, 0.1) is 0 Å². The van der Waals surface area contributed by atoms with Crippen LogP contribution in [0.25, 0.3) is 0 Å². The van der Waals surface area contributed by atoms with Crippen LogP contribution in [0.2, 0.25) is 0 Å². The van der Waals surface area contributed by atoms with Gasteiger partial charge < -0.3 is 5.32 Å². The first kappa shape index (κ1) is 13.9. The maximum atomic E-state index is 12.8. The Kier molecular flexibility index (Phi) is 3.24. The normalized spacial score (nSPS) is 23.4. The molecule has 0 heterocycles. The molecule has 1 unspecified atom stereocenters. The van der Waals surface area contributed by atoms with Crippen molar-refractivity contribution < 1.29 is 26.7 Å². The maximum Gasteiger partial charge on any atom is 0.471 e. The van der Waals surface area contributed by atoms with Gasteiger partial charge in [-0.25, -0.2) is 8.78 Å². The molecule has 1 aliphatic rings. The van der Waals surface area contributed by atoms with E-state index in [2.05, 4.69) is 6.58 Å². The first-order valence-electron chi connectivity index (χ1n) is 4.91. The molecule has 7 heteroatoms. The number of carbonyl (C=O) groups excluding carboxylic acids is 1. The molecule has 98 valence electrons. The van der Waals surface area contributed by atoms with Crippen LogP contribution in [-0.2, 0) is 4.79 Å². The van der Waals surface area contributed by atoms with Gasteiger partial charge in [0.2, 0.25) is 5.92 Å². The lowest BCUT2D eigenvalue weighted by molar-refractivity contribution is -0.180. The average Bonchev–Trinajstić information content (AvgIpc) is 2.11. The van der Waals surface area contributed by atoms with Crippen LogP contribution in [0.1, 0.15) is 19.8 Å². The number of hydrogen-bond donors (Lipinski definition) is 1. The van der Waals surface area contributed by atoms with E-state index < -0.39 is 42.3 Å². The molecular weight excluding hydrogens is 245 g/mol. The quantitative estimate of drug-likeness (QED) is 0.611. The molecule has 1 N–H and O–H groups in total. The highest BCUT2D eigenvalue weighted by Gasteiger charge is 2.58. The lowest BCUT2D eigenvalue weighted by atomic mass is 9.62. The number of rotatable bonds is 3. The standard InChI is InChI=1S/C10H12F5NO/c1-3-8(4-9(11,12)5-8)6(2)16-7(17)10(13,14)15/h3,6H,1,4-5H2,2H3,(H,16,17). The van der Waals surface area contributed by atoms with Crippen molar-refractivity contribution in [3.05, 3.63) is 12.7 Å². The number of alkyl halides is 5. The molecule has 0 bridgehead atoms. The first-order valence-corrected chi connectivity index (χ1v) is 4.91. The van der Waals surface area contributed by atoms with Gasteiger partial charge in [-0.15, -0.1) is 6.58 Å². The lowest BCUT2D eigenvalue weighted by Crippen LogP contribution is -2.58. The highest BCUT2D eigenvalue weighted by molar-refractivity contribution is 5.82. The lowest BCUT2D eigenvalue weighted by Gasteiger charge is -2.49. The van der Waals surface area contributed by atoms with Crippen LogP contribution in [0.3, 0.4) is 0 Å². The third-order valence-electron chi connectivity index (χ3n) is 3.05. The Labute approximate surface area is 94.9 Å². The zero-order chi connectivity index (χ0) is 13.5. The Hall–Kier alpha value is -1.14. The Morgan fingerprint density at radius 1 is 1.41 bits per heavy atom. The van der Waals surface area contributed by atoms with Gasteiger partial charge in [0.1, 0.15) is 0 Å². The van der Waals surface area contributed by atoms with Crippen LogP contribution in [0, 0.1) is 5.41 Å². The van der Waals surface area contributed by atoms with Gasteiger partial charge in [0, 0.05) is 24.3 Å². The molecule has 1 fully saturated rings. The highest BCUT2D eigenvalue weighted by atomic mass is 19.4. The fourth-order valence-corrected chi connectivity index (χ4v) is 1.96. The molecule has 1 rings (SSSR count). The summed E-state index contributed by atoms with van der Waals surface area (Å²) < 4.78 is 61.5. The van der Waals surface area contributed by atoms with Crippen LogP contribution in [0.15, 0.2) is 12.7 Å². The molecule has 17 heavy (non-hydrogen) atoms. The second-order valence-corrected chi connectivity index (χ2v) is 4.34. The van der Waals surface area contributed by atoms with E-state index in [9.17, 15) is 26.7 Å². The smallest absolute Gasteiger partial charge is 0.345 e. The number of hydrogen-bond acceptors (Lipinski definition) is 1. The van der Waals surface area contributed by atoms with Crippen molar-refractivity contribution in [3.8, 4) is 0 Å². The van der Waals surface area contributed by atoms with Gasteiger partial charge in [0.15, 0.2) is 0 Å². The molecule has 2 nitrogen and oxygen atoms in total. The third-order valence-corrected chi connectivity index (χ3v) is 3.05. The summed E-state index contributed by atoms with van der Waals surface area (Å²) in [7, 11) is 0. The van der Waals surface area contributed by atoms with Crippen molar-refractivity contribution in [1.29, 1.82) is 0 Å². The van der Waals surface area contributed by atoms with E-state index in [1.54, 1.807) is 5.32 Å². The molecule has 0 aliphatic heterocycles. The monoisotopic (exact) mass is 257 g/mol.